The summed E-state index contributed by atoms with van der Waals surface area (Å²) in [7, 11) is 0. The molecular formula is C19H19F3N2O2. The van der Waals surface area contributed by atoms with Crippen molar-refractivity contribution >= 4 is 17.5 Å². The van der Waals surface area contributed by atoms with E-state index < -0.39 is 34.5 Å². The average molecular weight is 364 g/mol. The molecule has 2 aromatic carbocycles. The van der Waals surface area contributed by atoms with Crippen LogP contribution < -0.4 is 10.6 Å². The van der Waals surface area contributed by atoms with Crippen LogP contribution in [0, 0.1) is 24.4 Å². The van der Waals surface area contributed by atoms with E-state index in [0.717, 1.165) is 0 Å². The quantitative estimate of drug-likeness (QED) is 0.803. The van der Waals surface area contributed by atoms with E-state index in [1.165, 1.54) is 6.07 Å². The van der Waals surface area contributed by atoms with Gasteiger partial charge in [-0.25, -0.2) is 13.2 Å². The van der Waals surface area contributed by atoms with Gasteiger partial charge in [0.1, 0.15) is 5.82 Å². The van der Waals surface area contributed by atoms with Crippen LogP contribution in [-0.2, 0) is 0 Å². The van der Waals surface area contributed by atoms with Crippen molar-refractivity contribution in [3.63, 3.8) is 0 Å². The molecule has 0 bridgehead atoms. The minimum absolute atomic E-state index is 0.265. The summed E-state index contributed by atoms with van der Waals surface area (Å²) in [4.78, 5) is 24.6. The highest BCUT2D eigenvalue weighted by Crippen LogP contribution is 2.22. The van der Waals surface area contributed by atoms with Crippen LogP contribution in [0.1, 0.15) is 47.1 Å². The highest BCUT2D eigenvalue weighted by atomic mass is 19.2. The number of nitrogens with one attached hydrogen (secondary N) is 2. The van der Waals surface area contributed by atoms with E-state index in [2.05, 4.69) is 10.6 Å². The Morgan fingerprint density at radius 1 is 0.885 bits per heavy atom. The predicted octanol–water partition coefficient (Wildman–Crippen LogP) is 4.19. The van der Waals surface area contributed by atoms with Crippen LogP contribution in [0.4, 0.5) is 18.9 Å². The molecule has 7 heteroatoms. The topological polar surface area (TPSA) is 58.2 Å². The zero-order valence-corrected chi connectivity index (χ0v) is 14.8. The molecule has 0 saturated carbocycles. The van der Waals surface area contributed by atoms with Gasteiger partial charge in [-0.15, -0.1) is 0 Å². The fourth-order valence-electron chi connectivity index (χ4n) is 2.31. The summed E-state index contributed by atoms with van der Waals surface area (Å²) in [5, 5.41) is 5.23. The smallest absolute Gasteiger partial charge is 0.258 e. The molecule has 0 radical (unpaired) electrons. The van der Waals surface area contributed by atoms with Gasteiger partial charge in [-0.1, -0.05) is 6.07 Å². The van der Waals surface area contributed by atoms with Gasteiger partial charge in [-0.05, 0) is 51.5 Å². The highest BCUT2D eigenvalue weighted by Gasteiger charge is 2.20. The van der Waals surface area contributed by atoms with Crippen LogP contribution in [0.5, 0.6) is 0 Å². The lowest BCUT2D eigenvalue weighted by Crippen LogP contribution is -2.40. The summed E-state index contributed by atoms with van der Waals surface area (Å²) in [6.07, 6.45) is 0. The summed E-state index contributed by atoms with van der Waals surface area (Å²) in [5.74, 6) is -5.16. The van der Waals surface area contributed by atoms with Crippen molar-refractivity contribution in [3.8, 4) is 0 Å². The lowest BCUT2D eigenvalue weighted by molar-refractivity contribution is 0.0917. The van der Waals surface area contributed by atoms with Gasteiger partial charge in [0.2, 0.25) is 0 Å². The zero-order chi connectivity index (χ0) is 19.6. The van der Waals surface area contributed by atoms with Crippen molar-refractivity contribution in [2.24, 2.45) is 0 Å². The summed E-state index contributed by atoms with van der Waals surface area (Å²) in [5.41, 5.74) is -0.0139. The van der Waals surface area contributed by atoms with E-state index in [0.29, 0.717) is 23.3 Å². The van der Waals surface area contributed by atoms with Gasteiger partial charge in [0.05, 0.1) is 5.56 Å². The molecule has 0 heterocycles. The van der Waals surface area contributed by atoms with Gasteiger partial charge in [0.15, 0.2) is 11.6 Å². The van der Waals surface area contributed by atoms with Crippen molar-refractivity contribution in [2.45, 2.75) is 33.2 Å². The summed E-state index contributed by atoms with van der Waals surface area (Å²) >= 11 is 0. The predicted molar refractivity (Wildman–Crippen MR) is 92.7 cm³/mol. The van der Waals surface area contributed by atoms with E-state index in [-0.39, 0.29) is 11.6 Å². The number of hydrogen-bond donors (Lipinski definition) is 2. The van der Waals surface area contributed by atoms with Crippen LogP contribution in [-0.4, -0.2) is 17.4 Å². The van der Waals surface area contributed by atoms with Crippen LogP contribution >= 0.6 is 0 Å². The lowest BCUT2D eigenvalue weighted by atomic mass is 10.0. The Morgan fingerprint density at radius 2 is 1.50 bits per heavy atom. The maximum Gasteiger partial charge on any atom is 0.258 e. The minimum Gasteiger partial charge on any atom is -0.347 e. The van der Waals surface area contributed by atoms with E-state index in [4.69, 9.17) is 0 Å². The third-order valence-corrected chi connectivity index (χ3v) is 3.57. The van der Waals surface area contributed by atoms with Crippen LogP contribution in [0.2, 0.25) is 0 Å². The molecule has 0 unspecified atom stereocenters. The fraction of sp³-hybridized carbons (Fsp3) is 0.263. The maximum absolute atomic E-state index is 13.7. The van der Waals surface area contributed by atoms with E-state index >= 15 is 0 Å². The Balaban J connectivity index is 2.31. The first kappa shape index (κ1) is 19.5. The lowest BCUT2D eigenvalue weighted by Gasteiger charge is -2.21. The van der Waals surface area contributed by atoms with Crippen molar-refractivity contribution in [3.05, 3.63) is 64.5 Å². The molecule has 0 fully saturated rings. The second-order valence-electron chi connectivity index (χ2n) is 6.88. The number of carbonyl (C=O) groups excluding carboxylic acids is 2. The first-order valence-corrected chi connectivity index (χ1v) is 7.87. The Labute approximate surface area is 149 Å². The van der Waals surface area contributed by atoms with E-state index in [9.17, 15) is 22.8 Å². The van der Waals surface area contributed by atoms with Gasteiger partial charge < -0.3 is 10.6 Å². The minimum atomic E-state index is -1.38. The molecule has 2 N–H and O–H groups in total. The van der Waals surface area contributed by atoms with Gasteiger partial charge in [0, 0.05) is 22.9 Å². The van der Waals surface area contributed by atoms with Gasteiger partial charge in [-0.3, -0.25) is 9.59 Å². The van der Waals surface area contributed by atoms with E-state index in [1.807, 2.05) is 20.8 Å². The first-order chi connectivity index (χ1) is 12.0. The van der Waals surface area contributed by atoms with Gasteiger partial charge >= 0.3 is 0 Å². The summed E-state index contributed by atoms with van der Waals surface area (Å²) in [6, 6.07) is 5.47. The number of halogens is 3. The number of carbonyl (C=O) groups is 2. The van der Waals surface area contributed by atoms with Gasteiger partial charge in [0.25, 0.3) is 11.8 Å². The van der Waals surface area contributed by atoms with Crippen molar-refractivity contribution in [2.75, 3.05) is 5.32 Å². The van der Waals surface area contributed by atoms with Crippen LogP contribution in [0.3, 0.4) is 0 Å². The second kappa shape index (κ2) is 7.19. The summed E-state index contributed by atoms with van der Waals surface area (Å²) in [6.45, 7) is 7.11. The fourth-order valence-corrected chi connectivity index (χ4v) is 2.31. The second-order valence-corrected chi connectivity index (χ2v) is 6.88. The monoisotopic (exact) mass is 364 g/mol. The molecule has 0 aliphatic heterocycles. The molecule has 4 nitrogen and oxygen atoms in total. The van der Waals surface area contributed by atoms with E-state index in [1.54, 1.807) is 19.1 Å². The molecule has 2 rings (SSSR count). The Morgan fingerprint density at radius 3 is 2.12 bits per heavy atom. The number of benzene rings is 2. The largest absolute Gasteiger partial charge is 0.347 e. The normalized spacial score (nSPS) is 11.2. The number of anilines is 1. The Hall–Kier alpha value is -2.83. The molecule has 0 aliphatic carbocycles. The molecule has 0 spiro atoms. The van der Waals surface area contributed by atoms with Gasteiger partial charge in [-0.2, -0.15) is 0 Å². The molecule has 2 amide bonds. The van der Waals surface area contributed by atoms with Crippen molar-refractivity contribution in [1.29, 1.82) is 0 Å². The Kier molecular flexibility index (Phi) is 5.39. The molecule has 2 aromatic rings. The molecule has 0 aromatic heterocycles. The molecule has 0 aliphatic rings. The molecular weight excluding hydrogens is 345 g/mol. The standard InChI is InChI=1S/C19H19F3N2O2/c1-10-11(18(26)24-19(2,3)4)6-5-7-16(10)23-17(25)12-8-14(21)15(22)9-13(12)20/h5-9H,1-4H3,(H,23,25)(H,24,26). The Bertz CT molecular complexity index is 874. The maximum atomic E-state index is 13.7. The highest BCUT2D eigenvalue weighted by molar-refractivity contribution is 6.06. The summed E-state index contributed by atoms with van der Waals surface area (Å²) < 4.78 is 40.0. The molecule has 0 atom stereocenters. The van der Waals surface area contributed by atoms with Crippen molar-refractivity contribution in [1.82, 2.24) is 5.32 Å². The SMILES string of the molecule is Cc1c(NC(=O)c2cc(F)c(F)cc2F)cccc1C(=O)NC(C)(C)C. The molecule has 138 valence electrons. The van der Waals surface area contributed by atoms with Crippen molar-refractivity contribution < 1.29 is 22.8 Å². The third-order valence-electron chi connectivity index (χ3n) is 3.57. The third kappa shape index (κ3) is 4.41. The van der Waals surface area contributed by atoms with Crippen LogP contribution in [0.25, 0.3) is 0 Å². The number of rotatable bonds is 3. The zero-order valence-electron chi connectivity index (χ0n) is 14.8. The number of amides is 2. The van der Waals surface area contributed by atoms with Crippen LogP contribution in [0.15, 0.2) is 30.3 Å². The molecule has 0 saturated heterocycles. The number of hydrogen-bond acceptors (Lipinski definition) is 2. The molecule has 26 heavy (non-hydrogen) atoms. The average Bonchev–Trinajstić information content (AvgIpc) is 2.51. The first-order valence-electron chi connectivity index (χ1n) is 7.87.